The summed E-state index contributed by atoms with van der Waals surface area (Å²) in [6, 6.07) is 13.2. The highest BCUT2D eigenvalue weighted by Crippen LogP contribution is 2.37. The Bertz CT molecular complexity index is 1060. The third kappa shape index (κ3) is 3.53. The van der Waals surface area contributed by atoms with E-state index in [0.717, 1.165) is 49.7 Å². The number of rotatable bonds is 4. The molecule has 0 bridgehead atoms. The summed E-state index contributed by atoms with van der Waals surface area (Å²) in [6.07, 6.45) is 9.55. The predicted octanol–water partition coefficient (Wildman–Crippen LogP) is 3.63. The lowest BCUT2D eigenvalue weighted by molar-refractivity contribution is 0.174. The first-order valence-electron chi connectivity index (χ1n) is 11.2. The topological polar surface area (TPSA) is 64.4 Å². The number of hydrogen-bond donors (Lipinski definition) is 1. The molecule has 1 aliphatic carbocycles. The summed E-state index contributed by atoms with van der Waals surface area (Å²) in [5.41, 5.74) is 3.87. The Kier molecular flexibility index (Phi) is 4.76. The summed E-state index contributed by atoms with van der Waals surface area (Å²) in [5, 5.41) is 8.62. The van der Waals surface area contributed by atoms with E-state index in [4.69, 9.17) is 9.47 Å². The summed E-state index contributed by atoms with van der Waals surface area (Å²) in [5.74, 6) is 2.61. The number of hydrogen-bond acceptors (Lipinski definition) is 6. The molecule has 1 N–H and O–H groups in total. The Labute approximate surface area is 182 Å². The van der Waals surface area contributed by atoms with Crippen molar-refractivity contribution in [3.8, 4) is 17.3 Å². The van der Waals surface area contributed by atoms with Gasteiger partial charge in [0.1, 0.15) is 0 Å². The minimum atomic E-state index is 0.324. The lowest BCUT2D eigenvalue weighted by atomic mass is 9.91. The fourth-order valence-corrected chi connectivity index (χ4v) is 5.08. The fraction of sp³-hybridized carbons (Fsp3) is 0.417. The molecule has 3 aromatic rings. The van der Waals surface area contributed by atoms with E-state index >= 15 is 0 Å². The molecule has 2 aromatic heterocycles. The summed E-state index contributed by atoms with van der Waals surface area (Å²) >= 11 is 0. The Hall–Kier alpha value is -3.06. The number of anilines is 1. The molecule has 7 nitrogen and oxygen atoms in total. The maximum Gasteiger partial charge on any atom is 0.231 e. The van der Waals surface area contributed by atoms with E-state index in [2.05, 4.69) is 32.4 Å². The van der Waals surface area contributed by atoms with Crippen molar-refractivity contribution in [3.63, 3.8) is 0 Å². The normalized spacial score (nSPS) is 20.6. The molecule has 31 heavy (non-hydrogen) atoms. The zero-order chi connectivity index (χ0) is 20.6. The number of nitrogens with zero attached hydrogens (tertiary/aromatic N) is 4. The number of aromatic nitrogens is 3. The van der Waals surface area contributed by atoms with E-state index < -0.39 is 0 Å². The molecule has 1 aromatic carbocycles. The largest absolute Gasteiger partial charge is 0.454 e. The van der Waals surface area contributed by atoms with Crippen LogP contribution in [0.25, 0.3) is 5.82 Å². The van der Waals surface area contributed by atoms with Gasteiger partial charge in [-0.25, -0.2) is 9.67 Å². The second kappa shape index (κ2) is 7.89. The third-order valence-corrected chi connectivity index (χ3v) is 6.70. The molecule has 1 atom stereocenters. The molecule has 0 amide bonds. The van der Waals surface area contributed by atoms with Gasteiger partial charge in [0, 0.05) is 48.7 Å². The van der Waals surface area contributed by atoms with Gasteiger partial charge in [0.15, 0.2) is 17.3 Å². The maximum absolute atomic E-state index is 5.55. The molecular weight excluding hydrogens is 390 g/mol. The average Bonchev–Trinajstić information content (AvgIpc) is 3.47. The van der Waals surface area contributed by atoms with Crippen LogP contribution in [0.5, 0.6) is 11.5 Å². The number of ether oxygens (including phenoxy) is 2. The minimum absolute atomic E-state index is 0.324. The standard InChI is InChI=1S/C24H27N5O2/c1-2-11-25-24(6-1)29-21-5-3-4-20(19(21)15-26-29)27-17-9-12-28(13-10-17)18-7-8-22-23(14-18)31-16-30-22/h1-2,6-8,11,14-15,17,20,27H,3-5,9-10,12-13,16H2/t20-/m1/s1. The summed E-state index contributed by atoms with van der Waals surface area (Å²) in [4.78, 5) is 6.94. The van der Waals surface area contributed by atoms with Crippen molar-refractivity contribution in [2.75, 3.05) is 24.8 Å². The van der Waals surface area contributed by atoms with Crippen LogP contribution >= 0.6 is 0 Å². The van der Waals surface area contributed by atoms with E-state index in [1.807, 2.05) is 41.3 Å². The van der Waals surface area contributed by atoms with Gasteiger partial charge in [0.2, 0.25) is 6.79 Å². The van der Waals surface area contributed by atoms with Gasteiger partial charge in [-0.15, -0.1) is 0 Å². The number of nitrogens with one attached hydrogen (secondary N) is 1. The lowest BCUT2D eigenvalue weighted by Gasteiger charge is -2.36. The molecule has 6 rings (SSSR count). The number of pyridine rings is 1. The molecule has 0 saturated carbocycles. The van der Waals surface area contributed by atoms with E-state index in [1.165, 1.54) is 29.8 Å². The second-order valence-corrected chi connectivity index (χ2v) is 8.56. The zero-order valence-electron chi connectivity index (χ0n) is 17.5. The summed E-state index contributed by atoms with van der Waals surface area (Å²) < 4.78 is 13.0. The van der Waals surface area contributed by atoms with Gasteiger partial charge in [-0.2, -0.15) is 5.10 Å². The number of benzene rings is 1. The molecule has 0 spiro atoms. The van der Waals surface area contributed by atoms with Gasteiger partial charge >= 0.3 is 0 Å². The summed E-state index contributed by atoms with van der Waals surface area (Å²) in [7, 11) is 0. The first-order valence-corrected chi connectivity index (χ1v) is 11.2. The minimum Gasteiger partial charge on any atom is -0.454 e. The molecule has 4 heterocycles. The Morgan fingerprint density at radius 1 is 1.00 bits per heavy atom. The highest BCUT2D eigenvalue weighted by atomic mass is 16.7. The smallest absolute Gasteiger partial charge is 0.231 e. The van der Waals surface area contributed by atoms with Gasteiger partial charge in [0.05, 0.1) is 11.9 Å². The van der Waals surface area contributed by atoms with E-state index in [1.54, 1.807) is 0 Å². The van der Waals surface area contributed by atoms with E-state index in [-0.39, 0.29) is 0 Å². The van der Waals surface area contributed by atoms with Crippen molar-refractivity contribution < 1.29 is 9.47 Å². The Morgan fingerprint density at radius 3 is 2.77 bits per heavy atom. The van der Waals surface area contributed by atoms with Crippen LogP contribution in [0.15, 0.2) is 48.8 Å². The molecular formula is C24H27N5O2. The SMILES string of the molecule is c1ccc(-n2ncc3c2CCC[C@H]3NC2CCN(c3ccc4c(c3)OCO4)CC2)nc1. The summed E-state index contributed by atoms with van der Waals surface area (Å²) in [6.45, 7) is 2.42. The molecule has 2 aliphatic heterocycles. The van der Waals surface area contributed by atoms with Gasteiger partial charge in [-0.1, -0.05) is 6.07 Å². The monoisotopic (exact) mass is 417 g/mol. The van der Waals surface area contributed by atoms with Gasteiger partial charge in [0.25, 0.3) is 0 Å². The molecule has 0 radical (unpaired) electrons. The van der Waals surface area contributed by atoms with Crippen molar-refractivity contribution in [1.29, 1.82) is 0 Å². The van der Waals surface area contributed by atoms with Crippen molar-refractivity contribution in [2.45, 2.75) is 44.2 Å². The lowest BCUT2D eigenvalue weighted by Crippen LogP contribution is -2.44. The number of piperidine rings is 1. The molecule has 160 valence electrons. The fourth-order valence-electron chi connectivity index (χ4n) is 5.08. The van der Waals surface area contributed by atoms with E-state index in [0.29, 0.717) is 18.9 Å². The number of fused-ring (bicyclic) bond motifs is 2. The predicted molar refractivity (Wildman–Crippen MR) is 118 cm³/mol. The Morgan fingerprint density at radius 2 is 1.90 bits per heavy atom. The van der Waals surface area contributed by atoms with Gasteiger partial charge < -0.3 is 19.7 Å². The van der Waals surface area contributed by atoms with Crippen molar-refractivity contribution >= 4 is 5.69 Å². The Balaban J connectivity index is 1.12. The van der Waals surface area contributed by atoms with Crippen molar-refractivity contribution in [2.24, 2.45) is 0 Å². The van der Waals surface area contributed by atoms with Crippen molar-refractivity contribution in [3.05, 3.63) is 60.0 Å². The molecule has 1 fully saturated rings. The second-order valence-electron chi connectivity index (χ2n) is 8.56. The first-order chi connectivity index (χ1) is 15.3. The first kappa shape index (κ1) is 18.7. The molecule has 3 aliphatic rings. The van der Waals surface area contributed by atoms with Crippen LogP contribution in [-0.2, 0) is 6.42 Å². The molecule has 7 heteroatoms. The highest BCUT2D eigenvalue weighted by Gasteiger charge is 2.29. The van der Waals surface area contributed by atoms with Crippen LogP contribution in [0.4, 0.5) is 5.69 Å². The zero-order valence-corrected chi connectivity index (χ0v) is 17.5. The maximum atomic E-state index is 5.55. The van der Waals surface area contributed by atoms with Crippen LogP contribution < -0.4 is 19.7 Å². The van der Waals surface area contributed by atoms with Gasteiger partial charge in [-0.3, -0.25) is 0 Å². The van der Waals surface area contributed by atoms with Gasteiger partial charge in [-0.05, 0) is 56.4 Å². The highest BCUT2D eigenvalue weighted by molar-refractivity contribution is 5.57. The molecule has 1 saturated heterocycles. The van der Waals surface area contributed by atoms with Crippen LogP contribution in [-0.4, -0.2) is 40.7 Å². The van der Waals surface area contributed by atoms with Crippen LogP contribution in [0.3, 0.4) is 0 Å². The van der Waals surface area contributed by atoms with Crippen molar-refractivity contribution in [1.82, 2.24) is 20.1 Å². The third-order valence-electron chi connectivity index (χ3n) is 6.70. The van der Waals surface area contributed by atoms with Crippen LogP contribution in [0.1, 0.15) is 43.0 Å². The van der Waals surface area contributed by atoms with E-state index in [9.17, 15) is 0 Å². The van der Waals surface area contributed by atoms with Crippen LogP contribution in [0.2, 0.25) is 0 Å². The van der Waals surface area contributed by atoms with Crippen LogP contribution in [0, 0.1) is 0 Å². The quantitative estimate of drug-likeness (QED) is 0.699. The average molecular weight is 418 g/mol. The molecule has 0 unspecified atom stereocenters.